The summed E-state index contributed by atoms with van der Waals surface area (Å²) in [6.45, 7) is 16.8. The van der Waals surface area contributed by atoms with E-state index in [2.05, 4.69) is 276 Å². The summed E-state index contributed by atoms with van der Waals surface area (Å²) in [5, 5.41) is 5.69. The first-order valence-electron chi connectivity index (χ1n) is 23.8. The lowest BCUT2D eigenvalue weighted by atomic mass is 10.0. The van der Waals surface area contributed by atoms with E-state index in [0.29, 0.717) is 0 Å². The van der Waals surface area contributed by atoms with Crippen LogP contribution in [0.25, 0.3) is 0 Å². The van der Waals surface area contributed by atoms with Gasteiger partial charge in [-0.3, -0.25) is 0 Å². The highest BCUT2D eigenvalue weighted by Gasteiger charge is 2.59. The van der Waals surface area contributed by atoms with Gasteiger partial charge in [0.25, 0.3) is 0 Å². The van der Waals surface area contributed by atoms with Crippen molar-refractivity contribution in [3.63, 3.8) is 0 Å². The molecule has 0 saturated heterocycles. The van der Waals surface area contributed by atoms with Crippen LogP contribution in [0.2, 0.25) is 0 Å². The first kappa shape index (κ1) is 54.6. The molecule has 0 heterocycles. The van der Waals surface area contributed by atoms with Crippen LogP contribution in [0.3, 0.4) is 0 Å². The Morgan fingerprint density at radius 1 is 0.254 bits per heavy atom. The van der Waals surface area contributed by atoms with Gasteiger partial charge in [-0.15, -0.1) is 0 Å². The van der Waals surface area contributed by atoms with Crippen LogP contribution in [-0.4, -0.2) is 177 Å². The molecular formula is C54H94N12Si. The summed E-state index contributed by atoms with van der Waals surface area (Å²) in [6, 6.07) is 0. The zero-order chi connectivity index (χ0) is 51.7. The van der Waals surface area contributed by atoms with Gasteiger partial charge in [0, 0.05) is 185 Å². The molecule has 0 radical (unpaired) electrons. The van der Waals surface area contributed by atoms with Crippen molar-refractivity contribution in [1.29, 1.82) is 0 Å². The molecule has 4 rings (SSSR count). The summed E-state index contributed by atoms with van der Waals surface area (Å²) in [7, 11) is 50.3. The van der Waals surface area contributed by atoms with E-state index in [-0.39, 0.29) is 5.92 Å². The number of allylic oxidation sites excluding steroid dienone is 4. The lowest BCUT2D eigenvalue weighted by molar-refractivity contribution is 0.851. The molecule has 0 bridgehead atoms. The van der Waals surface area contributed by atoms with Gasteiger partial charge in [-0.05, 0) is 69.7 Å². The minimum Gasteiger partial charge on any atom is -0.376 e. The van der Waals surface area contributed by atoms with E-state index >= 15 is 0 Å². The Morgan fingerprint density at radius 2 is 0.418 bits per heavy atom. The van der Waals surface area contributed by atoms with E-state index in [1.54, 1.807) is 0 Å². The van der Waals surface area contributed by atoms with Crippen LogP contribution in [0, 0.1) is 26.7 Å². The van der Waals surface area contributed by atoms with Gasteiger partial charge in [0.2, 0.25) is 0 Å². The summed E-state index contributed by atoms with van der Waals surface area (Å²) >= 11 is 0. The maximum atomic E-state index is 2.52. The Bertz CT molecular complexity index is 2080. The molecule has 67 heavy (non-hydrogen) atoms. The second kappa shape index (κ2) is 19.5. The highest BCUT2D eigenvalue weighted by atomic mass is 28.3. The molecule has 3 aromatic rings. The Kier molecular flexibility index (Phi) is 15.9. The van der Waals surface area contributed by atoms with Gasteiger partial charge in [0.15, 0.2) is 8.07 Å². The zero-order valence-electron chi connectivity index (χ0n) is 48.4. The first-order chi connectivity index (χ1) is 30.7. The fourth-order valence-electron chi connectivity index (χ4n) is 12.2. The molecule has 0 aliphatic heterocycles. The van der Waals surface area contributed by atoms with E-state index in [9.17, 15) is 0 Å². The molecule has 1 unspecified atom stereocenters. The maximum absolute atomic E-state index is 3.95. The molecule has 3 aromatic carbocycles. The van der Waals surface area contributed by atoms with Crippen LogP contribution >= 0.6 is 0 Å². The van der Waals surface area contributed by atoms with Gasteiger partial charge in [-0.25, -0.2) is 0 Å². The predicted octanol–water partition coefficient (Wildman–Crippen LogP) is 6.72. The molecule has 1 aliphatic rings. The molecular weight excluding hydrogens is 845 g/mol. The molecule has 0 aromatic heterocycles. The number of hydrogen-bond acceptors (Lipinski definition) is 12. The van der Waals surface area contributed by atoms with Crippen molar-refractivity contribution in [2.75, 3.05) is 228 Å². The highest BCUT2D eigenvalue weighted by molar-refractivity contribution is 7.20. The number of hydrogen-bond donors (Lipinski definition) is 0. The predicted molar refractivity (Wildman–Crippen MR) is 310 cm³/mol. The van der Waals surface area contributed by atoms with E-state index in [4.69, 9.17) is 0 Å². The average Bonchev–Trinajstić information content (AvgIpc) is 3.37. The second-order valence-corrected chi connectivity index (χ2v) is 25.3. The minimum atomic E-state index is -3.95. The van der Waals surface area contributed by atoms with Crippen molar-refractivity contribution in [2.45, 2.75) is 48.5 Å². The molecule has 1 aliphatic carbocycles. The molecule has 0 fully saturated rings. The van der Waals surface area contributed by atoms with Gasteiger partial charge >= 0.3 is 0 Å². The molecule has 0 amide bonds. The maximum Gasteiger partial charge on any atom is 0.191 e. The lowest BCUT2D eigenvalue weighted by Gasteiger charge is -2.51. The van der Waals surface area contributed by atoms with E-state index in [0.717, 1.165) is 0 Å². The summed E-state index contributed by atoms with van der Waals surface area (Å²) in [5.74, 6) is 0.109. The van der Waals surface area contributed by atoms with Crippen LogP contribution in [0.4, 0.5) is 68.2 Å². The molecule has 0 N–H and O–H groups in total. The summed E-state index contributed by atoms with van der Waals surface area (Å²) in [6.07, 6.45) is 0. The zero-order valence-corrected chi connectivity index (χ0v) is 49.4. The number of rotatable bonds is 16. The van der Waals surface area contributed by atoms with Gasteiger partial charge in [-0.2, -0.15) is 0 Å². The molecule has 0 saturated carbocycles. The normalized spacial score (nSPS) is 13.9. The van der Waals surface area contributed by atoms with Gasteiger partial charge in [-0.1, -0.05) is 23.3 Å². The topological polar surface area (TPSA) is 38.9 Å². The smallest absolute Gasteiger partial charge is 0.191 e. The van der Waals surface area contributed by atoms with Gasteiger partial charge in [0.05, 0.1) is 68.2 Å². The van der Waals surface area contributed by atoms with Crippen molar-refractivity contribution < 1.29 is 0 Å². The van der Waals surface area contributed by atoms with Crippen molar-refractivity contribution in [3.8, 4) is 0 Å². The Balaban J connectivity index is 3.13. The number of nitrogens with zero attached hydrogens (tertiary/aromatic N) is 12. The van der Waals surface area contributed by atoms with Crippen LogP contribution in [0.15, 0.2) is 21.9 Å². The van der Waals surface area contributed by atoms with Crippen LogP contribution in [0.1, 0.15) is 44.4 Å². The fourth-order valence-corrected chi connectivity index (χ4v) is 19.5. The number of anilines is 12. The average molecular weight is 940 g/mol. The molecule has 1 atom stereocenters. The van der Waals surface area contributed by atoms with E-state index < -0.39 is 8.07 Å². The Hall–Kier alpha value is -5.04. The van der Waals surface area contributed by atoms with Crippen molar-refractivity contribution >= 4 is 91.9 Å². The third-order valence-corrected chi connectivity index (χ3v) is 19.7. The Labute approximate surface area is 411 Å². The Morgan fingerprint density at radius 3 is 0.537 bits per heavy atom. The molecule has 12 nitrogen and oxygen atoms in total. The summed E-state index contributed by atoms with van der Waals surface area (Å²) in [4.78, 5) is 29.0. The van der Waals surface area contributed by atoms with Crippen molar-refractivity contribution in [1.82, 2.24) is 0 Å². The lowest BCUT2D eigenvalue weighted by Crippen LogP contribution is -2.73. The van der Waals surface area contributed by atoms with E-state index in [1.165, 1.54) is 122 Å². The van der Waals surface area contributed by atoms with Gasteiger partial charge < -0.3 is 58.8 Å². The standard InChI is InChI=1S/C54H94N12Si/c1-32-33(2)35(4)51(34(32)3)67(52-45(61(20)21)39(55(8)9)36(5)40(56(10)11)46(52)62(22)23,53-47(63(24)25)41(57(12)13)37(6)42(58(14)15)48(53)64(26)27)54-49(65(28)29)43(59(16)17)38(7)44(60(18)19)50(54)66(30)31/h34H,1-31H3. The van der Waals surface area contributed by atoms with Crippen LogP contribution in [0.5, 0.6) is 0 Å². The third kappa shape index (κ3) is 8.39. The first-order valence-corrected chi connectivity index (χ1v) is 25.8. The monoisotopic (exact) mass is 939 g/mol. The highest BCUT2D eigenvalue weighted by Crippen LogP contribution is 2.55. The second-order valence-electron chi connectivity index (χ2n) is 21.7. The SMILES string of the molecule is CC1=C(C)C(C)C([Si](c2c(N(C)C)c(N(C)C)c(C)c(N(C)C)c2N(C)C)(c2c(N(C)C)c(N(C)C)c(C)c(N(C)C)c2N(C)C)c2c(N(C)C)c(N(C)C)c(C)c(N(C)C)c2N(C)C)=C1C. The van der Waals surface area contributed by atoms with Crippen molar-refractivity contribution in [2.24, 2.45) is 5.92 Å². The van der Waals surface area contributed by atoms with Crippen molar-refractivity contribution in [3.05, 3.63) is 38.6 Å². The largest absolute Gasteiger partial charge is 0.376 e. The third-order valence-electron chi connectivity index (χ3n) is 14.4. The molecule has 13 heteroatoms. The minimum absolute atomic E-state index is 0.109. The van der Waals surface area contributed by atoms with Crippen LogP contribution < -0.4 is 74.4 Å². The quantitative estimate of drug-likeness (QED) is 0.113. The number of benzene rings is 3. The fraction of sp³-hybridized carbons (Fsp3) is 0.593. The molecule has 374 valence electrons. The molecule has 0 spiro atoms. The van der Waals surface area contributed by atoms with Gasteiger partial charge in [0.1, 0.15) is 0 Å². The van der Waals surface area contributed by atoms with Crippen LogP contribution in [-0.2, 0) is 0 Å². The summed E-state index contributed by atoms with van der Waals surface area (Å²) in [5.41, 5.74) is 22.9. The summed E-state index contributed by atoms with van der Waals surface area (Å²) < 4.78 is 0. The van der Waals surface area contributed by atoms with E-state index in [1.807, 2.05) is 0 Å².